The highest BCUT2D eigenvalue weighted by Gasteiger charge is 2.28. The lowest BCUT2D eigenvalue weighted by Crippen LogP contribution is -2.35. The molecule has 0 saturated heterocycles. The van der Waals surface area contributed by atoms with Gasteiger partial charge in [-0.15, -0.1) is 0 Å². The Labute approximate surface area is 273 Å². The van der Waals surface area contributed by atoms with Gasteiger partial charge < -0.3 is 14.4 Å². The molecule has 0 aliphatic heterocycles. The van der Waals surface area contributed by atoms with E-state index in [1.165, 1.54) is 57.8 Å². The molecule has 0 fully saturated rings. The maximum Gasteiger partial charge on any atom is 0.306 e. The van der Waals surface area contributed by atoms with Gasteiger partial charge in [0.15, 0.2) is 0 Å². The minimum Gasteiger partial charge on any atom is -0.458 e. The molecule has 0 N–H and O–H groups in total. The number of carbonyl (C=O) groups excluding carboxylic acids is 2. The van der Waals surface area contributed by atoms with E-state index in [9.17, 15) is 9.59 Å². The van der Waals surface area contributed by atoms with Gasteiger partial charge in [-0.25, -0.2) is 0 Å². The van der Waals surface area contributed by atoms with Crippen LogP contribution in [0.4, 0.5) is 0 Å². The summed E-state index contributed by atoms with van der Waals surface area (Å²) in [5, 5.41) is 0. The van der Waals surface area contributed by atoms with Crippen LogP contribution >= 0.6 is 0 Å². The Morgan fingerprint density at radius 3 is 1.20 bits per heavy atom. The van der Waals surface area contributed by atoms with Crippen LogP contribution in [0.1, 0.15) is 168 Å². The Balaban J connectivity index is 5.26. The Kier molecular flexibility index (Phi) is 31.1. The average Bonchev–Trinajstić information content (AvgIpc) is 2.99. The van der Waals surface area contributed by atoms with Crippen LogP contribution in [0.15, 0.2) is 36.5 Å². The van der Waals surface area contributed by atoms with Gasteiger partial charge in [-0.3, -0.25) is 9.59 Å². The van der Waals surface area contributed by atoms with Crippen LogP contribution in [-0.2, 0) is 19.1 Å². The highest BCUT2D eigenvalue weighted by atomic mass is 16.6. The smallest absolute Gasteiger partial charge is 0.306 e. The zero-order valence-corrected chi connectivity index (χ0v) is 29.7. The normalized spacial score (nSPS) is 13.4. The van der Waals surface area contributed by atoms with Gasteiger partial charge in [-0.2, -0.15) is 0 Å². The SMILES string of the molecule is CCCCC/C=C\CCCC(=O)OC(CCC/C=C\CCCCC)C(CCC/C=C\CCCCC)OC(=O)CCCN(C)C. The van der Waals surface area contributed by atoms with E-state index in [4.69, 9.17) is 9.47 Å². The van der Waals surface area contributed by atoms with E-state index in [1.807, 2.05) is 14.1 Å². The number of hydrogen-bond donors (Lipinski definition) is 0. The summed E-state index contributed by atoms with van der Waals surface area (Å²) in [6, 6.07) is 0. The zero-order chi connectivity index (χ0) is 32.5. The average molecular weight is 618 g/mol. The van der Waals surface area contributed by atoms with Crippen molar-refractivity contribution in [2.24, 2.45) is 0 Å². The number of esters is 2. The lowest BCUT2D eigenvalue weighted by atomic mass is 10.0. The van der Waals surface area contributed by atoms with Gasteiger partial charge in [0.2, 0.25) is 0 Å². The van der Waals surface area contributed by atoms with Crippen molar-refractivity contribution in [3.63, 3.8) is 0 Å². The first-order valence-corrected chi connectivity index (χ1v) is 18.4. The van der Waals surface area contributed by atoms with Crippen molar-refractivity contribution < 1.29 is 19.1 Å². The van der Waals surface area contributed by atoms with E-state index in [2.05, 4.69) is 62.1 Å². The minimum atomic E-state index is -0.397. The van der Waals surface area contributed by atoms with Crippen molar-refractivity contribution >= 4 is 11.9 Å². The molecule has 0 bridgehead atoms. The predicted molar refractivity (Wildman–Crippen MR) is 189 cm³/mol. The summed E-state index contributed by atoms with van der Waals surface area (Å²) in [5.41, 5.74) is 0. The third-order valence-electron chi connectivity index (χ3n) is 7.86. The van der Waals surface area contributed by atoms with Crippen molar-refractivity contribution in [2.75, 3.05) is 20.6 Å². The van der Waals surface area contributed by atoms with Gasteiger partial charge in [0.1, 0.15) is 12.2 Å². The van der Waals surface area contributed by atoms with E-state index < -0.39 is 12.2 Å². The largest absolute Gasteiger partial charge is 0.458 e. The van der Waals surface area contributed by atoms with E-state index in [-0.39, 0.29) is 11.9 Å². The molecule has 0 aromatic heterocycles. The zero-order valence-electron chi connectivity index (χ0n) is 29.7. The van der Waals surface area contributed by atoms with Crippen LogP contribution in [0, 0.1) is 0 Å². The van der Waals surface area contributed by atoms with Crippen molar-refractivity contribution in [3.05, 3.63) is 36.5 Å². The highest BCUT2D eigenvalue weighted by Crippen LogP contribution is 2.21. The number of ether oxygens (including phenoxy) is 2. The quantitative estimate of drug-likeness (QED) is 0.0440. The molecule has 256 valence electrons. The Morgan fingerprint density at radius 2 is 0.841 bits per heavy atom. The first kappa shape index (κ1) is 42.1. The summed E-state index contributed by atoms with van der Waals surface area (Å²) in [6.07, 6.45) is 35.7. The first-order chi connectivity index (χ1) is 21.4. The molecule has 0 rings (SSSR count). The molecule has 0 amide bonds. The molecule has 0 radical (unpaired) electrons. The number of unbranched alkanes of at least 4 members (excludes halogenated alkanes) is 12. The maximum absolute atomic E-state index is 13.0. The summed E-state index contributed by atoms with van der Waals surface area (Å²) in [6.45, 7) is 7.52. The third-order valence-corrected chi connectivity index (χ3v) is 7.86. The molecule has 0 saturated carbocycles. The topological polar surface area (TPSA) is 55.8 Å². The van der Waals surface area contributed by atoms with E-state index >= 15 is 0 Å². The van der Waals surface area contributed by atoms with Crippen molar-refractivity contribution in [2.45, 2.75) is 181 Å². The Bertz CT molecular complexity index is 742. The molecule has 2 atom stereocenters. The van der Waals surface area contributed by atoms with Gasteiger partial charge in [0.25, 0.3) is 0 Å². The predicted octanol–water partition coefficient (Wildman–Crippen LogP) is 11.1. The van der Waals surface area contributed by atoms with Crippen molar-refractivity contribution in [1.29, 1.82) is 0 Å². The second kappa shape index (κ2) is 32.5. The highest BCUT2D eigenvalue weighted by molar-refractivity contribution is 5.70. The molecule has 0 aromatic carbocycles. The summed E-state index contributed by atoms with van der Waals surface area (Å²) >= 11 is 0. The Morgan fingerprint density at radius 1 is 0.500 bits per heavy atom. The third kappa shape index (κ3) is 28.9. The lowest BCUT2D eigenvalue weighted by molar-refractivity contribution is -0.169. The van der Waals surface area contributed by atoms with Crippen LogP contribution in [0.3, 0.4) is 0 Å². The lowest BCUT2D eigenvalue weighted by Gasteiger charge is -2.27. The minimum absolute atomic E-state index is 0.172. The first-order valence-electron chi connectivity index (χ1n) is 18.4. The molecule has 0 aliphatic rings. The molecule has 5 nitrogen and oxygen atoms in total. The van der Waals surface area contributed by atoms with Crippen LogP contribution in [-0.4, -0.2) is 49.7 Å². The number of rotatable bonds is 31. The van der Waals surface area contributed by atoms with Gasteiger partial charge in [-0.05, 0) is 117 Å². The molecule has 5 heteroatoms. The molecule has 2 unspecified atom stereocenters. The van der Waals surface area contributed by atoms with Crippen LogP contribution in [0.2, 0.25) is 0 Å². The van der Waals surface area contributed by atoms with Crippen LogP contribution in [0.25, 0.3) is 0 Å². The molecule has 44 heavy (non-hydrogen) atoms. The summed E-state index contributed by atoms with van der Waals surface area (Å²) < 4.78 is 12.2. The second-order valence-electron chi connectivity index (χ2n) is 12.6. The van der Waals surface area contributed by atoms with Gasteiger partial charge >= 0.3 is 11.9 Å². The molecule has 0 aromatic rings. The van der Waals surface area contributed by atoms with Gasteiger partial charge in [0, 0.05) is 12.8 Å². The summed E-state index contributed by atoms with van der Waals surface area (Å²) in [7, 11) is 4.03. The fraction of sp³-hybridized carbons (Fsp3) is 0.795. The molecular weight excluding hydrogens is 546 g/mol. The van der Waals surface area contributed by atoms with Crippen molar-refractivity contribution in [3.8, 4) is 0 Å². The van der Waals surface area contributed by atoms with E-state index in [0.717, 1.165) is 70.8 Å². The van der Waals surface area contributed by atoms with Crippen LogP contribution < -0.4 is 0 Å². The number of allylic oxidation sites excluding steroid dienone is 6. The van der Waals surface area contributed by atoms with Crippen molar-refractivity contribution in [1.82, 2.24) is 4.90 Å². The molecule has 0 heterocycles. The monoisotopic (exact) mass is 618 g/mol. The summed E-state index contributed by atoms with van der Waals surface area (Å²) in [4.78, 5) is 28.0. The van der Waals surface area contributed by atoms with Gasteiger partial charge in [0.05, 0.1) is 0 Å². The van der Waals surface area contributed by atoms with Gasteiger partial charge in [-0.1, -0.05) is 95.8 Å². The van der Waals surface area contributed by atoms with E-state index in [1.54, 1.807) is 0 Å². The van der Waals surface area contributed by atoms with E-state index in [0.29, 0.717) is 25.7 Å². The second-order valence-corrected chi connectivity index (χ2v) is 12.6. The number of nitrogens with zero attached hydrogens (tertiary/aromatic N) is 1. The Hall–Kier alpha value is -1.88. The summed E-state index contributed by atoms with van der Waals surface area (Å²) in [5.74, 6) is -0.356. The number of hydrogen-bond acceptors (Lipinski definition) is 5. The van der Waals surface area contributed by atoms with Crippen LogP contribution in [0.5, 0.6) is 0 Å². The maximum atomic E-state index is 13.0. The molecule has 0 spiro atoms. The fourth-order valence-electron chi connectivity index (χ4n) is 5.12. The fourth-order valence-corrected chi connectivity index (χ4v) is 5.12. The molecule has 0 aliphatic carbocycles. The standard InChI is InChI=1S/C39H71NO4/c1-6-9-12-15-18-21-24-27-31-36(43-38(41)33-29-26-23-20-17-14-11-8-3)37(44-39(42)34-30-35-40(4)5)32-28-25-22-19-16-13-10-7-2/h18-23,36-37H,6-17,24-35H2,1-5H3/b21-18-,22-19-,23-20-. The molecular formula is C39H71NO4. The number of carbonyl (C=O) groups is 2.